The maximum absolute atomic E-state index is 13.6. The lowest BCUT2D eigenvalue weighted by atomic mass is 10.1. The Morgan fingerprint density at radius 3 is 2.42 bits per heavy atom. The molecule has 1 N–H and O–H groups in total. The zero-order valence-electron chi connectivity index (χ0n) is 18.7. The van der Waals surface area contributed by atoms with Crippen LogP contribution in [0.3, 0.4) is 0 Å². The number of nitrogens with one attached hydrogen (secondary N) is 1. The molecule has 0 saturated carbocycles. The van der Waals surface area contributed by atoms with Crippen LogP contribution in [-0.2, 0) is 16.1 Å². The normalized spacial score (nSPS) is 12.3. The van der Waals surface area contributed by atoms with Gasteiger partial charge in [0.1, 0.15) is 6.54 Å². The van der Waals surface area contributed by atoms with E-state index in [1.165, 1.54) is 11.0 Å². The molecule has 5 rings (SSSR count). The molecule has 1 aromatic heterocycles. The van der Waals surface area contributed by atoms with Crippen molar-refractivity contribution in [3.63, 3.8) is 0 Å². The third kappa shape index (κ3) is 4.99. The predicted molar refractivity (Wildman–Crippen MR) is 142 cm³/mol. The highest BCUT2D eigenvalue weighted by molar-refractivity contribution is 6.53. The molecule has 0 saturated heterocycles. The van der Waals surface area contributed by atoms with Gasteiger partial charge in [-0.05, 0) is 48.0 Å². The summed E-state index contributed by atoms with van der Waals surface area (Å²) in [4.78, 5) is 48.6. The molecule has 3 aromatic carbocycles. The van der Waals surface area contributed by atoms with Crippen LogP contribution in [0, 0.1) is 0 Å². The zero-order valence-corrected chi connectivity index (χ0v) is 21.0. The number of amides is 2. The van der Waals surface area contributed by atoms with Crippen LogP contribution in [0.15, 0.2) is 79.3 Å². The number of halogens is 3. The van der Waals surface area contributed by atoms with Crippen LogP contribution in [0.2, 0.25) is 10.0 Å². The molecule has 2 heterocycles. The summed E-state index contributed by atoms with van der Waals surface area (Å²) in [6, 6.07) is 19.2. The highest BCUT2D eigenvalue weighted by Gasteiger charge is 2.37. The van der Waals surface area contributed by atoms with Crippen LogP contribution in [0.4, 0.5) is 11.4 Å². The summed E-state index contributed by atoms with van der Waals surface area (Å²) in [6.45, 7) is -0.0779. The molecule has 0 aliphatic carbocycles. The van der Waals surface area contributed by atoms with Crippen LogP contribution in [0.5, 0.6) is 0 Å². The van der Waals surface area contributed by atoms with Crippen LogP contribution in [0.25, 0.3) is 11.3 Å². The molecule has 0 unspecified atom stereocenters. The minimum atomic E-state index is -0.757. The number of Topliss-reactive ketones (excluding diaryl/α,β-unsaturated/α-hetero) is 1. The number of imidazole rings is 1. The molecule has 0 spiro atoms. The van der Waals surface area contributed by atoms with Gasteiger partial charge < -0.3 is 9.88 Å². The van der Waals surface area contributed by atoms with Crippen LogP contribution in [0.1, 0.15) is 15.9 Å². The summed E-state index contributed by atoms with van der Waals surface area (Å²) in [5.41, 5.74) is 3.67. The SMILES string of the molecule is Cl.O=C1C(=O)N(CC(=O)N(Cc2cccc(Cl)c2)c2ccc(-c3c[nH]cn3)cc2)c2ccc(Cl)cc21. The Hall–Kier alpha value is -3.65. The van der Waals surface area contributed by atoms with Gasteiger partial charge in [-0.2, -0.15) is 0 Å². The summed E-state index contributed by atoms with van der Waals surface area (Å²) in [7, 11) is 0. The van der Waals surface area contributed by atoms with Gasteiger partial charge in [0.05, 0.1) is 29.8 Å². The lowest BCUT2D eigenvalue weighted by Crippen LogP contribution is -2.42. The van der Waals surface area contributed by atoms with Crippen molar-refractivity contribution < 1.29 is 14.4 Å². The van der Waals surface area contributed by atoms with E-state index in [0.29, 0.717) is 21.4 Å². The number of H-pyrrole nitrogens is 1. The molecule has 2 amide bonds. The van der Waals surface area contributed by atoms with Gasteiger partial charge >= 0.3 is 0 Å². The highest BCUT2D eigenvalue weighted by atomic mass is 35.5. The van der Waals surface area contributed by atoms with E-state index in [1.54, 1.807) is 41.7 Å². The van der Waals surface area contributed by atoms with E-state index >= 15 is 0 Å². The first-order valence-corrected chi connectivity index (χ1v) is 11.5. The third-order valence-corrected chi connectivity index (χ3v) is 6.20. The predicted octanol–water partition coefficient (Wildman–Crippen LogP) is 5.57. The summed E-state index contributed by atoms with van der Waals surface area (Å²) in [6.07, 6.45) is 3.38. The van der Waals surface area contributed by atoms with Crippen LogP contribution < -0.4 is 9.80 Å². The maximum Gasteiger partial charge on any atom is 0.299 e. The Bertz CT molecular complexity index is 1440. The number of rotatable bonds is 6. The van der Waals surface area contributed by atoms with E-state index in [2.05, 4.69) is 9.97 Å². The van der Waals surface area contributed by atoms with Gasteiger partial charge in [0, 0.05) is 27.5 Å². The number of carbonyl (C=O) groups excluding carboxylic acids is 3. The van der Waals surface area contributed by atoms with Crippen molar-refractivity contribution in [1.82, 2.24) is 9.97 Å². The lowest BCUT2D eigenvalue weighted by Gasteiger charge is -2.26. The van der Waals surface area contributed by atoms with Crippen molar-refractivity contribution in [1.29, 1.82) is 0 Å². The van der Waals surface area contributed by atoms with Gasteiger partial charge in [-0.1, -0.05) is 47.5 Å². The lowest BCUT2D eigenvalue weighted by molar-refractivity contribution is -0.120. The Labute approximate surface area is 223 Å². The van der Waals surface area contributed by atoms with Gasteiger partial charge in [-0.25, -0.2) is 4.98 Å². The van der Waals surface area contributed by atoms with Gasteiger partial charge in [0.15, 0.2) is 0 Å². The summed E-state index contributed by atoms with van der Waals surface area (Å²) in [5.74, 6) is -1.80. The van der Waals surface area contributed by atoms with Gasteiger partial charge in [-0.3, -0.25) is 19.3 Å². The monoisotopic (exact) mass is 540 g/mol. The standard InChI is InChI=1S/C26H18Cl2N4O3.ClH/c27-18-3-1-2-16(10-18)13-31(20-7-4-17(5-8-20)22-12-29-15-30-22)24(33)14-32-23-9-6-19(28)11-21(23)25(34)26(32)35;/h1-12,15H,13-14H2,(H,29,30);1H. The van der Waals surface area contributed by atoms with Gasteiger partial charge in [0.25, 0.3) is 11.7 Å². The number of carbonyl (C=O) groups is 3. The molecule has 1 aliphatic heterocycles. The molecule has 36 heavy (non-hydrogen) atoms. The highest BCUT2D eigenvalue weighted by Crippen LogP contribution is 2.32. The molecular formula is C26H19Cl3N4O3. The number of anilines is 2. The Morgan fingerprint density at radius 2 is 1.72 bits per heavy atom. The summed E-state index contributed by atoms with van der Waals surface area (Å²) in [5, 5.41) is 0.896. The van der Waals surface area contributed by atoms with E-state index in [4.69, 9.17) is 23.2 Å². The molecule has 0 fully saturated rings. The molecule has 0 atom stereocenters. The molecule has 4 aromatic rings. The van der Waals surface area contributed by atoms with E-state index in [1.807, 2.05) is 36.4 Å². The van der Waals surface area contributed by atoms with Crippen molar-refractivity contribution in [2.45, 2.75) is 6.54 Å². The average molecular weight is 542 g/mol. The fourth-order valence-electron chi connectivity index (χ4n) is 4.02. The number of hydrogen-bond acceptors (Lipinski definition) is 4. The zero-order chi connectivity index (χ0) is 24.5. The van der Waals surface area contributed by atoms with Crippen LogP contribution >= 0.6 is 35.6 Å². The number of benzene rings is 3. The number of hydrogen-bond donors (Lipinski definition) is 1. The van der Waals surface area contributed by atoms with Gasteiger partial charge in [-0.15, -0.1) is 12.4 Å². The van der Waals surface area contributed by atoms with Gasteiger partial charge in [0.2, 0.25) is 5.91 Å². The number of aromatic amines is 1. The first-order valence-electron chi connectivity index (χ1n) is 10.7. The smallest absolute Gasteiger partial charge is 0.299 e. The second kappa shape index (κ2) is 10.5. The van der Waals surface area contributed by atoms with Crippen molar-refractivity contribution in [2.75, 3.05) is 16.3 Å². The number of aromatic nitrogens is 2. The molecule has 0 radical (unpaired) electrons. The number of nitrogens with zero attached hydrogens (tertiary/aromatic N) is 3. The third-order valence-electron chi connectivity index (χ3n) is 5.73. The number of ketones is 1. The molecule has 7 nitrogen and oxygen atoms in total. The molecule has 10 heteroatoms. The molecule has 182 valence electrons. The topological polar surface area (TPSA) is 86.4 Å². The Balaban J connectivity index is 0.00000304. The molecule has 1 aliphatic rings. The largest absolute Gasteiger partial charge is 0.351 e. The molecular weight excluding hydrogens is 523 g/mol. The van der Waals surface area contributed by atoms with Crippen molar-refractivity contribution in [2.24, 2.45) is 0 Å². The van der Waals surface area contributed by atoms with E-state index < -0.39 is 11.7 Å². The quantitative estimate of drug-likeness (QED) is 0.324. The Kier molecular flexibility index (Phi) is 7.45. The van der Waals surface area contributed by atoms with Crippen molar-refractivity contribution >= 4 is 64.6 Å². The number of fused-ring (bicyclic) bond motifs is 1. The van der Waals surface area contributed by atoms with Crippen molar-refractivity contribution in [3.8, 4) is 11.3 Å². The summed E-state index contributed by atoms with van der Waals surface area (Å²) < 4.78 is 0. The van der Waals surface area contributed by atoms with E-state index in [9.17, 15) is 14.4 Å². The van der Waals surface area contributed by atoms with E-state index in [0.717, 1.165) is 16.8 Å². The summed E-state index contributed by atoms with van der Waals surface area (Å²) >= 11 is 12.2. The second-order valence-electron chi connectivity index (χ2n) is 7.99. The average Bonchev–Trinajstić information content (AvgIpc) is 3.47. The fraction of sp³-hybridized carbons (Fsp3) is 0.0769. The van der Waals surface area contributed by atoms with Crippen molar-refractivity contribution in [3.05, 3.63) is 100 Å². The fourth-order valence-corrected chi connectivity index (χ4v) is 4.41. The van der Waals surface area contributed by atoms with E-state index in [-0.39, 0.29) is 37.0 Å². The minimum absolute atomic E-state index is 0. The second-order valence-corrected chi connectivity index (χ2v) is 8.87. The minimum Gasteiger partial charge on any atom is -0.351 e. The van der Waals surface area contributed by atoms with Crippen LogP contribution in [-0.4, -0.2) is 34.1 Å². The maximum atomic E-state index is 13.6. The molecule has 0 bridgehead atoms. The Morgan fingerprint density at radius 1 is 0.972 bits per heavy atom. The first kappa shape index (κ1) is 25.4. The first-order chi connectivity index (χ1) is 16.9.